The quantitative estimate of drug-likeness (QED) is 0.457. The van der Waals surface area contributed by atoms with Crippen LogP contribution in [0.15, 0.2) is 11.3 Å². The Morgan fingerprint density at radius 2 is 1.74 bits per heavy atom. The van der Waals surface area contributed by atoms with E-state index in [9.17, 15) is 19.5 Å². The van der Waals surface area contributed by atoms with Crippen LogP contribution in [-0.2, 0) is 28.6 Å². The summed E-state index contributed by atoms with van der Waals surface area (Å²) in [6, 6.07) is 0. The molecular weight excluding hydrogens is 448 g/mol. The Balaban J connectivity index is 1.90. The van der Waals surface area contributed by atoms with Gasteiger partial charge in [0.2, 0.25) is 0 Å². The third kappa shape index (κ3) is 3.29. The summed E-state index contributed by atoms with van der Waals surface area (Å²) in [7, 11) is 1.32. The molecule has 1 saturated heterocycles. The van der Waals surface area contributed by atoms with Gasteiger partial charge in [0, 0.05) is 35.7 Å². The van der Waals surface area contributed by atoms with Crippen LogP contribution in [-0.4, -0.2) is 47.7 Å². The second kappa shape index (κ2) is 8.06. The largest absolute Gasteiger partial charge is 0.490 e. The Hall–Kier alpha value is -1.89. The first kappa shape index (κ1) is 26.2. The molecule has 9 atom stereocenters. The van der Waals surface area contributed by atoms with E-state index in [0.717, 1.165) is 6.42 Å². The van der Waals surface area contributed by atoms with Crippen molar-refractivity contribution in [3.63, 3.8) is 0 Å². The topological polar surface area (TPSA) is 99.1 Å². The molecule has 3 fully saturated rings. The fraction of sp³-hybridized carbons (Fsp3) is 0.821. The SMILES string of the molecule is COC(=O)C1C(=O)C(C)=C2OC3(CC2(C)C1C)C(C)C(OC(C)=O)CC1C(C)(C)C(O)CCC13C. The second-order valence-corrected chi connectivity index (χ2v) is 12.7. The molecule has 0 aromatic rings. The molecule has 1 N–H and O–H groups in total. The Labute approximate surface area is 208 Å². The minimum absolute atomic E-state index is 0.0337. The van der Waals surface area contributed by atoms with Crippen LogP contribution in [0.2, 0.25) is 0 Å². The van der Waals surface area contributed by atoms with Gasteiger partial charge in [-0.2, -0.15) is 0 Å². The van der Waals surface area contributed by atoms with Crippen molar-refractivity contribution in [3.05, 3.63) is 11.3 Å². The van der Waals surface area contributed by atoms with E-state index < -0.39 is 34.4 Å². The molecule has 4 aliphatic rings. The first-order chi connectivity index (χ1) is 16.1. The van der Waals surface area contributed by atoms with Crippen LogP contribution in [0.25, 0.3) is 0 Å². The van der Waals surface area contributed by atoms with E-state index in [0.29, 0.717) is 30.6 Å². The number of hydrogen-bond donors (Lipinski definition) is 1. The molecule has 0 amide bonds. The van der Waals surface area contributed by atoms with E-state index in [1.165, 1.54) is 14.0 Å². The van der Waals surface area contributed by atoms with Crippen molar-refractivity contribution in [1.82, 2.24) is 0 Å². The Morgan fingerprint density at radius 1 is 1.11 bits per heavy atom. The first-order valence-corrected chi connectivity index (χ1v) is 13.0. The van der Waals surface area contributed by atoms with Crippen LogP contribution in [0.3, 0.4) is 0 Å². The normalized spacial score (nSPS) is 46.5. The number of allylic oxidation sites excluding steroid dienone is 2. The number of carbonyl (C=O) groups excluding carboxylic acids is 3. The summed E-state index contributed by atoms with van der Waals surface area (Å²) < 4.78 is 18.0. The number of ketones is 1. The zero-order valence-electron chi connectivity index (χ0n) is 22.7. The number of carbonyl (C=O) groups is 3. The highest BCUT2D eigenvalue weighted by Gasteiger charge is 2.73. The predicted molar refractivity (Wildman–Crippen MR) is 129 cm³/mol. The Kier molecular flexibility index (Phi) is 6.03. The van der Waals surface area contributed by atoms with Crippen LogP contribution in [0, 0.1) is 39.9 Å². The average molecular weight is 491 g/mol. The van der Waals surface area contributed by atoms with Gasteiger partial charge < -0.3 is 19.3 Å². The Bertz CT molecular complexity index is 982. The van der Waals surface area contributed by atoms with Gasteiger partial charge >= 0.3 is 11.9 Å². The lowest BCUT2D eigenvalue weighted by atomic mass is 9.42. The summed E-state index contributed by atoms with van der Waals surface area (Å²) in [6.07, 6.45) is 1.84. The molecule has 1 aliphatic heterocycles. The van der Waals surface area contributed by atoms with E-state index in [2.05, 4.69) is 34.6 Å². The standard InChI is InChI=1S/C28H42O7/c1-14-22(31)21(24(32)33-9)16(3)26(7)13-28(35-23(14)26)15(2)18(34-17(4)29)12-19-25(5,6)20(30)10-11-27(19,28)8/h15-16,18-21,30H,10-13H2,1-9H3. The van der Waals surface area contributed by atoms with Crippen LogP contribution in [0.5, 0.6) is 0 Å². The van der Waals surface area contributed by atoms with E-state index in [1.807, 2.05) is 6.92 Å². The molecule has 0 radical (unpaired) electrons. The number of ether oxygens (including phenoxy) is 3. The van der Waals surface area contributed by atoms with Crippen molar-refractivity contribution in [2.45, 2.75) is 98.9 Å². The van der Waals surface area contributed by atoms with Gasteiger partial charge in [-0.25, -0.2) is 0 Å². The molecule has 3 aliphatic carbocycles. The molecule has 1 heterocycles. The highest BCUT2D eigenvalue weighted by atomic mass is 16.6. The molecule has 4 rings (SSSR count). The van der Waals surface area contributed by atoms with Gasteiger partial charge in [0.25, 0.3) is 0 Å². The third-order valence-electron chi connectivity index (χ3n) is 10.9. The number of esters is 2. The van der Waals surface area contributed by atoms with E-state index >= 15 is 0 Å². The molecule has 1 spiro atoms. The molecule has 0 bridgehead atoms. The van der Waals surface area contributed by atoms with E-state index in [1.54, 1.807) is 6.92 Å². The van der Waals surface area contributed by atoms with Gasteiger partial charge in [-0.1, -0.05) is 41.5 Å². The fourth-order valence-corrected chi connectivity index (χ4v) is 8.51. The maximum atomic E-state index is 13.4. The van der Waals surface area contributed by atoms with Gasteiger partial charge in [-0.15, -0.1) is 0 Å². The molecule has 196 valence electrons. The number of aliphatic hydroxyl groups excluding tert-OH is 1. The minimum Gasteiger partial charge on any atom is -0.490 e. The van der Waals surface area contributed by atoms with Crippen molar-refractivity contribution in [2.24, 2.45) is 39.9 Å². The lowest BCUT2D eigenvalue weighted by Crippen LogP contribution is -2.68. The van der Waals surface area contributed by atoms with Crippen LogP contribution >= 0.6 is 0 Å². The number of fused-ring (bicyclic) bond motifs is 3. The maximum Gasteiger partial charge on any atom is 0.316 e. The molecular formula is C28H42O7. The van der Waals surface area contributed by atoms with Crippen molar-refractivity contribution >= 4 is 17.7 Å². The Morgan fingerprint density at radius 3 is 2.31 bits per heavy atom. The van der Waals surface area contributed by atoms with Crippen molar-refractivity contribution in [2.75, 3.05) is 7.11 Å². The zero-order valence-corrected chi connectivity index (χ0v) is 22.7. The van der Waals surface area contributed by atoms with Crippen molar-refractivity contribution in [1.29, 1.82) is 0 Å². The summed E-state index contributed by atoms with van der Waals surface area (Å²) >= 11 is 0. The molecule has 0 aromatic heterocycles. The van der Waals surface area contributed by atoms with E-state index in [4.69, 9.17) is 14.2 Å². The number of methoxy groups -OCH3 is 1. The first-order valence-electron chi connectivity index (χ1n) is 13.0. The molecule has 0 aromatic carbocycles. The predicted octanol–water partition coefficient (Wildman–Crippen LogP) is 4.21. The highest BCUT2D eigenvalue weighted by Crippen LogP contribution is 2.71. The monoisotopic (exact) mass is 490 g/mol. The van der Waals surface area contributed by atoms with Gasteiger partial charge in [-0.05, 0) is 43.4 Å². The van der Waals surface area contributed by atoms with Gasteiger partial charge in [-0.3, -0.25) is 14.4 Å². The molecule has 9 unspecified atom stereocenters. The van der Waals surface area contributed by atoms with Crippen LogP contribution in [0.4, 0.5) is 0 Å². The summed E-state index contributed by atoms with van der Waals surface area (Å²) in [4.78, 5) is 38.2. The van der Waals surface area contributed by atoms with E-state index in [-0.39, 0.29) is 41.0 Å². The van der Waals surface area contributed by atoms with Crippen LogP contribution in [0.1, 0.15) is 81.1 Å². The number of Topliss-reactive ketones (excluding diaryl/α,β-unsaturated/α-hetero) is 1. The summed E-state index contributed by atoms with van der Waals surface area (Å²) in [5.74, 6) is -1.71. The molecule has 7 heteroatoms. The number of rotatable bonds is 2. The third-order valence-corrected chi connectivity index (χ3v) is 10.9. The van der Waals surface area contributed by atoms with Crippen molar-refractivity contribution in [3.8, 4) is 0 Å². The molecule has 2 saturated carbocycles. The summed E-state index contributed by atoms with van der Waals surface area (Å²) in [6.45, 7) is 15.8. The smallest absolute Gasteiger partial charge is 0.316 e. The fourth-order valence-electron chi connectivity index (χ4n) is 8.51. The highest BCUT2D eigenvalue weighted by molar-refractivity contribution is 6.09. The zero-order chi connectivity index (χ0) is 26.3. The lowest BCUT2D eigenvalue weighted by Gasteiger charge is -2.65. The van der Waals surface area contributed by atoms with Gasteiger partial charge in [0.05, 0.1) is 13.2 Å². The van der Waals surface area contributed by atoms with Crippen LogP contribution < -0.4 is 0 Å². The summed E-state index contributed by atoms with van der Waals surface area (Å²) in [5.41, 5.74) is -1.54. The minimum atomic E-state index is -0.871. The lowest BCUT2D eigenvalue weighted by molar-refractivity contribution is -0.253. The van der Waals surface area contributed by atoms with Gasteiger partial charge in [0.1, 0.15) is 23.4 Å². The van der Waals surface area contributed by atoms with Crippen molar-refractivity contribution < 1.29 is 33.7 Å². The molecule has 7 nitrogen and oxygen atoms in total. The summed E-state index contributed by atoms with van der Waals surface area (Å²) in [5, 5.41) is 11.0. The number of aliphatic hydroxyl groups is 1. The second-order valence-electron chi connectivity index (χ2n) is 12.7. The maximum absolute atomic E-state index is 13.4. The average Bonchev–Trinajstić information content (AvgIpc) is 3.12. The van der Waals surface area contributed by atoms with Gasteiger partial charge in [0.15, 0.2) is 5.78 Å². The molecule has 35 heavy (non-hydrogen) atoms. The number of hydrogen-bond acceptors (Lipinski definition) is 7.